The summed E-state index contributed by atoms with van der Waals surface area (Å²) < 4.78 is 5.23. The summed E-state index contributed by atoms with van der Waals surface area (Å²) in [5, 5.41) is 4.94. The van der Waals surface area contributed by atoms with Crippen molar-refractivity contribution < 1.29 is 9.53 Å². The lowest BCUT2D eigenvalue weighted by molar-refractivity contribution is 0.0531. The second-order valence-corrected chi connectivity index (χ2v) is 10.3. The van der Waals surface area contributed by atoms with E-state index < -0.39 is 5.60 Å². The van der Waals surface area contributed by atoms with Gasteiger partial charge >= 0.3 is 6.09 Å². The number of thioether (sulfide) groups is 1. The van der Waals surface area contributed by atoms with E-state index in [4.69, 9.17) is 9.72 Å². The van der Waals surface area contributed by atoms with Gasteiger partial charge in [-0.25, -0.2) is 14.8 Å². The van der Waals surface area contributed by atoms with Crippen LogP contribution in [-0.2, 0) is 4.74 Å². The number of amides is 1. The van der Waals surface area contributed by atoms with E-state index in [0.29, 0.717) is 6.54 Å². The Balaban J connectivity index is 1.76. The van der Waals surface area contributed by atoms with Crippen LogP contribution in [0.3, 0.4) is 0 Å². The van der Waals surface area contributed by atoms with E-state index >= 15 is 0 Å². The van der Waals surface area contributed by atoms with Crippen molar-refractivity contribution >= 4 is 39.4 Å². The Bertz CT molecular complexity index is 724. The van der Waals surface area contributed by atoms with Gasteiger partial charge in [-0.1, -0.05) is 12.1 Å². The average molecular weight is 424 g/mol. The fourth-order valence-electron chi connectivity index (χ4n) is 1.97. The van der Waals surface area contributed by atoms with Gasteiger partial charge in [-0.15, -0.1) is 0 Å². The highest BCUT2D eigenvalue weighted by Gasteiger charge is 2.16. The minimum atomic E-state index is -0.472. The molecule has 1 atom stereocenters. The summed E-state index contributed by atoms with van der Waals surface area (Å²) in [6, 6.07) is 11.9. The van der Waals surface area contributed by atoms with Gasteiger partial charge in [0.15, 0.2) is 0 Å². The van der Waals surface area contributed by atoms with Crippen LogP contribution < -0.4 is 5.32 Å². The normalized spacial score (nSPS) is 12.4. The zero-order valence-electron chi connectivity index (χ0n) is 16.0. The molecule has 5 nitrogen and oxygen atoms in total. The molecule has 0 saturated carbocycles. The summed E-state index contributed by atoms with van der Waals surface area (Å²) >= 11 is 1.75. The fourth-order valence-corrected chi connectivity index (χ4v) is 4.62. The molecule has 0 spiro atoms. The van der Waals surface area contributed by atoms with E-state index in [1.165, 1.54) is 0 Å². The lowest BCUT2D eigenvalue weighted by Crippen LogP contribution is -2.33. The number of carbonyl (C=O) groups excluding carboxylic acids is 1. The molecule has 0 unspecified atom stereocenters. The maximum atomic E-state index is 11.6. The second kappa shape index (κ2) is 10.8. The van der Waals surface area contributed by atoms with Crippen molar-refractivity contribution in [3.8, 4) is 0 Å². The molecule has 146 valence electrons. The van der Waals surface area contributed by atoms with Gasteiger partial charge in [-0.2, -0.15) is 11.8 Å². The number of alkyl carbamates (subject to hydrolysis) is 1. The van der Waals surface area contributed by atoms with Crippen LogP contribution in [0.5, 0.6) is 0 Å². The lowest BCUT2D eigenvalue weighted by Gasteiger charge is -2.19. The quantitative estimate of drug-likeness (QED) is 0.438. The van der Waals surface area contributed by atoms with E-state index in [9.17, 15) is 4.79 Å². The molecule has 8 heteroatoms. The van der Waals surface area contributed by atoms with Crippen molar-refractivity contribution in [2.45, 2.75) is 48.6 Å². The van der Waals surface area contributed by atoms with Crippen molar-refractivity contribution in [1.82, 2.24) is 15.3 Å². The topological polar surface area (TPSA) is 64.1 Å². The predicted octanol–water partition coefficient (Wildman–Crippen LogP) is 5.59. The number of ether oxygens (including phenoxy) is 1. The van der Waals surface area contributed by atoms with Gasteiger partial charge in [0.25, 0.3) is 0 Å². The fraction of sp³-hybridized carbons (Fsp3) is 0.421. The molecule has 2 heterocycles. The lowest BCUT2D eigenvalue weighted by atomic mass is 10.2. The molecule has 0 bridgehead atoms. The minimum Gasteiger partial charge on any atom is -0.444 e. The molecule has 2 aromatic rings. The Labute approximate surface area is 173 Å². The predicted molar refractivity (Wildman–Crippen MR) is 115 cm³/mol. The number of nitrogens with one attached hydrogen (secondary N) is 1. The maximum Gasteiger partial charge on any atom is 0.407 e. The number of aromatic nitrogens is 2. The van der Waals surface area contributed by atoms with Gasteiger partial charge in [-0.3, -0.25) is 0 Å². The largest absolute Gasteiger partial charge is 0.444 e. The number of pyridine rings is 2. The smallest absolute Gasteiger partial charge is 0.407 e. The first kappa shape index (κ1) is 21.9. The Morgan fingerprint density at radius 2 is 1.89 bits per heavy atom. The molecule has 27 heavy (non-hydrogen) atoms. The first-order chi connectivity index (χ1) is 12.8. The number of hydrogen-bond donors (Lipinski definition) is 1. The van der Waals surface area contributed by atoms with Gasteiger partial charge in [0, 0.05) is 23.7 Å². The molecule has 0 radical (unpaired) electrons. The minimum absolute atomic E-state index is 0.242. The number of rotatable bonds is 8. The Hall–Kier alpha value is -1.38. The highest BCUT2D eigenvalue weighted by atomic mass is 33.1. The van der Waals surface area contributed by atoms with Gasteiger partial charge in [-0.05, 0) is 73.5 Å². The SMILES string of the molecule is C[C@H](SCCNC(=O)OC(C)(C)C)c1cccc(SSc2ccccn2)n1. The third-order valence-electron chi connectivity index (χ3n) is 3.15. The van der Waals surface area contributed by atoms with Crippen LogP contribution in [0.4, 0.5) is 4.79 Å². The molecule has 0 aliphatic carbocycles. The molecule has 1 N–H and O–H groups in total. The Morgan fingerprint density at radius 3 is 2.59 bits per heavy atom. The summed E-state index contributed by atoms with van der Waals surface area (Å²) in [5.74, 6) is 0.794. The van der Waals surface area contributed by atoms with Crippen LogP contribution >= 0.6 is 33.3 Å². The Kier molecular flexibility index (Phi) is 8.79. The zero-order valence-corrected chi connectivity index (χ0v) is 18.4. The summed E-state index contributed by atoms with van der Waals surface area (Å²) in [7, 11) is 3.20. The first-order valence-electron chi connectivity index (χ1n) is 8.64. The van der Waals surface area contributed by atoms with Crippen molar-refractivity contribution in [3.63, 3.8) is 0 Å². The monoisotopic (exact) mass is 423 g/mol. The molecule has 0 fully saturated rings. The van der Waals surface area contributed by atoms with Crippen molar-refractivity contribution in [3.05, 3.63) is 48.3 Å². The second-order valence-electron chi connectivity index (χ2n) is 6.68. The molecule has 0 saturated heterocycles. The summed E-state index contributed by atoms with van der Waals surface area (Å²) in [6.45, 7) is 8.25. The standard InChI is InChI=1S/C19H25N3O2S3/c1-14(25-13-12-21-18(23)24-19(2,3)4)15-8-7-10-17(22-15)27-26-16-9-5-6-11-20-16/h5-11,14H,12-13H2,1-4H3,(H,21,23)/t14-/m0/s1. The highest BCUT2D eigenvalue weighted by Crippen LogP contribution is 2.36. The van der Waals surface area contributed by atoms with Crippen LogP contribution in [-0.4, -0.2) is 34.0 Å². The Morgan fingerprint density at radius 1 is 1.15 bits per heavy atom. The molecular weight excluding hydrogens is 398 g/mol. The van der Waals surface area contributed by atoms with Crippen molar-refractivity contribution in [1.29, 1.82) is 0 Å². The van der Waals surface area contributed by atoms with Crippen LogP contribution in [0, 0.1) is 0 Å². The molecular formula is C19H25N3O2S3. The van der Waals surface area contributed by atoms with Gasteiger partial charge in [0.2, 0.25) is 0 Å². The number of hydrogen-bond acceptors (Lipinski definition) is 7. The van der Waals surface area contributed by atoms with E-state index in [1.54, 1.807) is 39.5 Å². The average Bonchev–Trinajstić information content (AvgIpc) is 2.63. The third-order valence-corrected chi connectivity index (χ3v) is 6.50. The molecule has 2 aromatic heterocycles. The zero-order chi connectivity index (χ0) is 19.7. The van der Waals surface area contributed by atoms with E-state index in [-0.39, 0.29) is 11.3 Å². The van der Waals surface area contributed by atoms with Crippen molar-refractivity contribution in [2.24, 2.45) is 0 Å². The van der Waals surface area contributed by atoms with Gasteiger partial charge in [0.05, 0.1) is 5.69 Å². The summed E-state index contributed by atoms with van der Waals surface area (Å²) in [4.78, 5) is 20.7. The summed E-state index contributed by atoms with van der Waals surface area (Å²) in [6.07, 6.45) is 1.41. The molecule has 2 rings (SSSR count). The van der Waals surface area contributed by atoms with Crippen molar-refractivity contribution in [2.75, 3.05) is 12.3 Å². The number of carbonyl (C=O) groups is 1. The summed E-state index contributed by atoms with van der Waals surface area (Å²) in [5.41, 5.74) is 0.559. The van der Waals surface area contributed by atoms with E-state index in [0.717, 1.165) is 21.5 Å². The molecule has 0 aliphatic rings. The van der Waals surface area contributed by atoms with Crippen LogP contribution in [0.2, 0.25) is 0 Å². The highest BCUT2D eigenvalue weighted by molar-refractivity contribution is 8.76. The number of nitrogens with zero attached hydrogens (tertiary/aromatic N) is 2. The van der Waals surface area contributed by atoms with E-state index in [2.05, 4.69) is 17.2 Å². The van der Waals surface area contributed by atoms with Crippen LogP contribution in [0.15, 0.2) is 52.6 Å². The van der Waals surface area contributed by atoms with Gasteiger partial charge < -0.3 is 10.1 Å². The van der Waals surface area contributed by atoms with Gasteiger partial charge in [0.1, 0.15) is 15.7 Å². The first-order valence-corrected chi connectivity index (χ1v) is 11.8. The molecule has 0 aliphatic heterocycles. The molecule has 1 amide bonds. The third kappa shape index (κ3) is 8.90. The van der Waals surface area contributed by atoms with E-state index in [1.807, 2.05) is 57.2 Å². The van der Waals surface area contributed by atoms with Crippen LogP contribution in [0.25, 0.3) is 0 Å². The maximum absolute atomic E-state index is 11.6. The molecule has 0 aromatic carbocycles. The van der Waals surface area contributed by atoms with Crippen LogP contribution in [0.1, 0.15) is 38.6 Å².